The van der Waals surface area contributed by atoms with Crippen molar-refractivity contribution < 1.29 is 0 Å². The van der Waals surface area contributed by atoms with Crippen LogP contribution < -0.4 is 22.1 Å². The fraction of sp³-hybridized carbons (Fsp3) is 0.542. The summed E-state index contributed by atoms with van der Waals surface area (Å²) in [6, 6.07) is 9.01. The molecule has 1 saturated carbocycles. The Morgan fingerprint density at radius 2 is 2.00 bits per heavy atom. The molecule has 1 fully saturated rings. The van der Waals surface area contributed by atoms with Crippen LogP contribution in [0.25, 0.3) is 6.08 Å². The first-order chi connectivity index (χ1) is 14.1. The van der Waals surface area contributed by atoms with E-state index in [9.17, 15) is 0 Å². The fourth-order valence-corrected chi connectivity index (χ4v) is 3.85. The molecule has 0 aromatic heterocycles. The summed E-state index contributed by atoms with van der Waals surface area (Å²) in [5.41, 5.74) is 14.7. The number of rotatable bonds is 12. The molecule has 5 nitrogen and oxygen atoms in total. The Bertz CT molecular complexity index is 674. The van der Waals surface area contributed by atoms with E-state index < -0.39 is 0 Å². The van der Waals surface area contributed by atoms with Gasteiger partial charge in [0.1, 0.15) is 0 Å². The molecule has 2 rings (SSSR count). The van der Waals surface area contributed by atoms with E-state index in [-0.39, 0.29) is 0 Å². The highest BCUT2D eigenvalue weighted by molar-refractivity contribution is 6.09. The highest BCUT2D eigenvalue weighted by Gasteiger charge is 2.16. The van der Waals surface area contributed by atoms with E-state index in [0.29, 0.717) is 30.9 Å². The lowest BCUT2D eigenvalue weighted by Gasteiger charge is -2.28. The Kier molecular flexibility index (Phi) is 10.7. The topological polar surface area (TPSA) is 100.0 Å². The number of allylic oxidation sites excluding steroid dienone is 1. The first kappa shape index (κ1) is 23.3. The molecule has 7 N–H and O–H groups in total. The first-order valence-electron chi connectivity index (χ1n) is 11.1. The van der Waals surface area contributed by atoms with Crippen LogP contribution in [0.4, 0.5) is 5.69 Å². The minimum atomic E-state index is 0.432. The van der Waals surface area contributed by atoms with Crippen LogP contribution in [0, 0.1) is 5.41 Å². The Morgan fingerprint density at radius 1 is 1.24 bits per heavy atom. The van der Waals surface area contributed by atoms with E-state index in [1.54, 1.807) is 6.08 Å². The third-order valence-corrected chi connectivity index (χ3v) is 5.65. The molecule has 0 amide bonds. The highest BCUT2D eigenvalue weighted by Crippen LogP contribution is 2.19. The third kappa shape index (κ3) is 8.52. The molecule has 29 heavy (non-hydrogen) atoms. The van der Waals surface area contributed by atoms with Gasteiger partial charge >= 0.3 is 0 Å². The van der Waals surface area contributed by atoms with Crippen LogP contribution in [-0.4, -0.2) is 37.4 Å². The minimum absolute atomic E-state index is 0.432. The van der Waals surface area contributed by atoms with E-state index in [2.05, 4.69) is 17.6 Å². The fourth-order valence-electron chi connectivity index (χ4n) is 3.85. The second-order valence-corrected chi connectivity index (χ2v) is 7.92. The van der Waals surface area contributed by atoms with Crippen molar-refractivity contribution in [2.45, 2.75) is 64.0 Å². The van der Waals surface area contributed by atoms with Crippen molar-refractivity contribution in [3.8, 4) is 0 Å². The van der Waals surface area contributed by atoms with Gasteiger partial charge in [0.25, 0.3) is 0 Å². The zero-order valence-electron chi connectivity index (χ0n) is 17.9. The average molecular weight is 398 g/mol. The van der Waals surface area contributed by atoms with Gasteiger partial charge in [0.15, 0.2) is 0 Å². The van der Waals surface area contributed by atoms with Crippen molar-refractivity contribution in [2.75, 3.05) is 25.4 Å². The van der Waals surface area contributed by atoms with Crippen molar-refractivity contribution >= 4 is 17.5 Å². The molecule has 5 heteroatoms. The quantitative estimate of drug-likeness (QED) is 0.210. The van der Waals surface area contributed by atoms with E-state index in [1.165, 1.54) is 32.1 Å². The van der Waals surface area contributed by atoms with E-state index >= 15 is 0 Å². The highest BCUT2D eigenvalue weighted by atomic mass is 15.0. The molecule has 0 aliphatic heterocycles. The molecule has 1 atom stereocenters. The van der Waals surface area contributed by atoms with Gasteiger partial charge in [-0.2, -0.15) is 0 Å². The number of hydrogen-bond acceptors (Lipinski definition) is 5. The lowest BCUT2D eigenvalue weighted by molar-refractivity contribution is 0.321. The van der Waals surface area contributed by atoms with Crippen molar-refractivity contribution in [2.24, 2.45) is 5.73 Å². The normalized spacial score (nSPS) is 17.0. The Labute approximate surface area is 176 Å². The summed E-state index contributed by atoms with van der Waals surface area (Å²) >= 11 is 0. The Morgan fingerprint density at radius 3 is 2.69 bits per heavy atom. The number of nitrogen functional groups attached to an aromatic ring is 1. The van der Waals surface area contributed by atoms with Crippen LogP contribution in [0.2, 0.25) is 0 Å². The van der Waals surface area contributed by atoms with Gasteiger partial charge < -0.3 is 27.5 Å². The van der Waals surface area contributed by atoms with Gasteiger partial charge in [0, 0.05) is 30.9 Å². The summed E-state index contributed by atoms with van der Waals surface area (Å²) in [6.45, 7) is 4.26. The van der Waals surface area contributed by atoms with Gasteiger partial charge in [-0.15, -0.1) is 0 Å². The van der Waals surface area contributed by atoms with Crippen molar-refractivity contribution in [1.29, 1.82) is 5.41 Å². The number of para-hydroxylation sites is 1. The Balaban J connectivity index is 1.90. The second-order valence-electron chi connectivity index (χ2n) is 7.92. The molecule has 0 bridgehead atoms. The number of benzene rings is 1. The van der Waals surface area contributed by atoms with Gasteiger partial charge in [-0.1, -0.05) is 50.5 Å². The molecule has 0 heterocycles. The molecule has 1 aliphatic rings. The maximum Gasteiger partial charge on any atom is 0.0582 e. The predicted molar refractivity (Wildman–Crippen MR) is 126 cm³/mol. The van der Waals surface area contributed by atoms with Crippen molar-refractivity contribution in [1.82, 2.24) is 10.6 Å². The maximum absolute atomic E-state index is 8.39. The van der Waals surface area contributed by atoms with Crippen LogP contribution in [-0.2, 0) is 0 Å². The molecule has 1 aromatic carbocycles. The summed E-state index contributed by atoms with van der Waals surface area (Å²) < 4.78 is 0. The molecule has 0 radical (unpaired) electrons. The van der Waals surface area contributed by atoms with Gasteiger partial charge in [0.2, 0.25) is 0 Å². The average Bonchev–Trinajstić information content (AvgIpc) is 2.75. The lowest BCUT2D eigenvalue weighted by Crippen LogP contribution is -2.40. The van der Waals surface area contributed by atoms with Crippen molar-refractivity contribution in [3.63, 3.8) is 0 Å². The van der Waals surface area contributed by atoms with E-state index in [0.717, 1.165) is 36.2 Å². The standard InChI is InChI=1S/C24H39N5/c1-2-21(29-22-10-4-3-5-11-22)14-16-28-18-20(24(27)13-8-15-25)17-19-9-6-7-12-23(19)26/h6-9,12-13,17,21-22,27-29H,2-5,10-11,14-16,18,25-26H2,1H3/b13-8-,20-17+,27-24?. The molecular formula is C24H39N5. The molecule has 1 aromatic rings. The lowest BCUT2D eigenvalue weighted by atomic mass is 9.94. The molecule has 0 saturated heterocycles. The minimum Gasteiger partial charge on any atom is -0.398 e. The van der Waals surface area contributed by atoms with Gasteiger partial charge in [0.05, 0.1) is 5.71 Å². The predicted octanol–water partition coefficient (Wildman–Crippen LogP) is 3.87. The van der Waals surface area contributed by atoms with E-state index in [4.69, 9.17) is 16.9 Å². The summed E-state index contributed by atoms with van der Waals surface area (Å²) in [5, 5.41) is 15.8. The van der Waals surface area contributed by atoms with Gasteiger partial charge in [-0.05, 0) is 61.6 Å². The summed E-state index contributed by atoms with van der Waals surface area (Å²) in [6.07, 6.45) is 14.6. The number of nitrogens with one attached hydrogen (secondary N) is 3. The Hall–Kier alpha value is -1.95. The zero-order valence-corrected chi connectivity index (χ0v) is 17.9. The van der Waals surface area contributed by atoms with Crippen LogP contribution >= 0.6 is 0 Å². The van der Waals surface area contributed by atoms with Crippen molar-refractivity contribution in [3.05, 3.63) is 47.6 Å². The molecule has 160 valence electrons. The van der Waals surface area contributed by atoms with Crippen LogP contribution in [0.5, 0.6) is 0 Å². The SMILES string of the molecule is CCC(CCNC/C(=C\c1ccccc1N)C(=N)/C=C\CN)NC1CCCCC1. The smallest absolute Gasteiger partial charge is 0.0582 e. The van der Waals surface area contributed by atoms with Gasteiger partial charge in [-0.3, -0.25) is 0 Å². The number of hydrogen-bond donors (Lipinski definition) is 5. The molecule has 0 spiro atoms. The number of nitrogens with two attached hydrogens (primary N) is 2. The largest absolute Gasteiger partial charge is 0.398 e. The second kappa shape index (κ2) is 13.3. The summed E-state index contributed by atoms with van der Waals surface area (Å²) in [5.74, 6) is 0. The van der Waals surface area contributed by atoms with Gasteiger partial charge in [-0.25, -0.2) is 0 Å². The van der Waals surface area contributed by atoms with Crippen LogP contribution in [0.3, 0.4) is 0 Å². The zero-order chi connectivity index (χ0) is 20.9. The third-order valence-electron chi connectivity index (χ3n) is 5.65. The summed E-state index contributed by atoms with van der Waals surface area (Å²) in [7, 11) is 0. The van der Waals surface area contributed by atoms with E-state index in [1.807, 2.05) is 36.4 Å². The number of anilines is 1. The van der Waals surface area contributed by atoms with Crippen LogP contribution in [0.15, 0.2) is 42.0 Å². The maximum atomic E-state index is 8.39. The summed E-state index contributed by atoms with van der Waals surface area (Å²) in [4.78, 5) is 0. The molecular weight excluding hydrogens is 358 g/mol. The van der Waals surface area contributed by atoms with Crippen LogP contribution in [0.1, 0.15) is 57.4 Å². The first-order valence-corrected chi connectivity index (χ1v) is 11.1. The molecule has 1 unspecified atom stereocenters. The monoisotopic (exact) mass is 397 g/mol. The molecule has 1 aliphatic carbocycles.